The Labute approximate surface area is 165 Å². The minimum Gasteiger partial charge on any atom is -0.423 e. The summed E-state index contributed by atoms with van der Waals surface area (Å²) in [5, 5.41) is 10.6. The van der Waals surface area contributed by atoms with E-state index in [9.17, 15) is 24.1 Å². The van der Waals surface area contributed by atoms with Crippen LogP contribution in [0.2, 0.25) is 0 Å². The van der Waals surface area contributed by atoms with Crippen LogP contribution in [0.1, 0.15) is 26.3 Å². The third-order valence-electron chi connectivity index (χ3n) is 3.96. The molecule has 3 rings (SSSR count). The topological polar surface area (TPSA) is 86.5 Å². The van der Waals surface area contributed by atoms with Crippen molar-refractivity contribution < 1.29 is 23.6 Å². The summed E-state index contributed by atoms with van der Waals surface area (Å²) in [6.45, 7) is 0. The van der Waals surface area contributed by atoms with Crippen LogP contribution >= 0.6 is 0 Å². The van der Waals surface area contributed by atoms with Gasteiger partial charge in [-0.15, -0.1) is 0 Å². The molecule has 144 valence electrons. The summed E-state index contributed by atoms with van der Waals surface area (Å²) < 4.78 is 18.1. The molecule has 0 saturated heterocycles. The summed E-state index contributed by atoms with van der Waals surface area (Å²) in [5.41, 5.74) is 1.11. The third-order valence-corrected chi connectivity index (χ3v) is 3.96. The molecule has 6 nitrogen and oxygen atoms in total. The van der Waals surface area contributed by atoms with Crippen molar-refractivity contribution in [3.63, 3.8) is 0 Å². The predicted octanol–water partition coefficient (Wildman–Crippen LogP) is 4.85. The second-order valence-electron chi connectivity index (χ2n) is 5.97. The summed E-state index contributed by atoms with van der Waals surface area (Å²) in [5.74, 6) is -1.06. The molecule has 0 radical (unpaired) electrons. The number of nitrogens with zero attached hydrogens (tertiary/aromatic N) is 1. The normalized spacial score (nSPS) is 10.7. The molecule has 0 aromatic heterocycles. The number of hydrogen-bond acceptors (Lipinski definition) is 5. The zero-order chi connectivity index (χ0) is 20.8. The molecule has 0 atom stereocenters. The van der Waals surface area contributed by atoms with E-state index in [0.717, 1.165) is 0 Å². The number of carbonyl (C=O) groups is 2. The Balaban J connectivity index is 1.63. The zero-order valence-corrected chi connectivity index (χ0v) is 14.9. The Bertz CT molecular complexity index is 1070. The fourth-order valence-electron chi connectivity index (χ4n) is 2.41. The zero-order valence-electron chi connectivity index (χ0n) is 14.9. The minimum atomic E-state index is -0.671. The van der Waals surface area contributed by atoms with E-state index in [-0.39, 0.29) is 28.6 Å². The van der Waals surface area contributed by atoms with Crippen LogP contribution in [0.25, 0.3) is 6.08 Å². The molecule has 7 heteroatoms. The quantitative estimate of drug-likeness (QED) is 0.150. The van der Waals surface area contributed by atoms with Crippen molar-refractivity contribution in [2.45, 2.75) is 0 Å². The number of rotatable bonds is 6. The van der Waals surface area contributed by atoms with Crippen LogP contribution in [0, 0.1) is 15.9 Å². The van der Waals surface area contributed by atoms with E-state index in [1.807, 2.05) is 0 Å². The lowest BCUT2D eigenvalue weighted by atomic mass is 10.1. The van der Waals surface area contributed by atoms with E-state index in [0.29, 0.717) is 11.1 Å². The van der Waals surface area contributed by atoms with E-state index in [4.69, 9.17) is 4.74 Å². The van der Waals surface area contributed by atoms with Crippen LogP contribution in [0.4, 0.5) is 10.1 Å². The molecular weight excluding hydrogens is 377 g/mol. The lowest BCUT2D eigenvalue weighted by Gasteiger charge is -2.05. The maximum absolute atomic E-state index is 12.9. The van der Waals surface area contributed by atoms with Gasteiger partial charge < -0.3 is 4.74 Å². The van der Waals surface area contributed by atoms with Gasteiger partial charge in [0.05, 0.1) is 10.5 Å². The number of benzene rings is 3. The minimum absolute atomic E-state index is 0.127. The molecule has 0 amide bonds. The predicted molar refractivity (Wildman–Crippen MR) is 104 cm³/mol. The van der Waals surface area contributed by atoms with E-state index in [2.05, 4.69) is 0 Å². The molecule has 0 aliphatic heterocycles. The fourth-order valence-corrected chi connectivity index (χ4v) is 2.41. The average Bonchev–Trinajstić information content (AvgIpc) is 2.73. The lowest BCUT2D eigenvalue weighted by molar-refractivity contribution is -0.384. The van der Waals surface area contributed by atoms with Gasteiger partial charge in [-0.1, -0.05) is 18.2 Å². The van der Waals surface area contributed by atoms with Gasteiger partial charge in [0.15, 0.2) is 5.78 Å². The Kier molecular flexibility index (Phi) is 5.89. The average molecular weight is 391 g/mol. The molecule has 0 heterocycles. The SMILES string of the molecule is O=C(/C=C/c1ccc(F)cc1)c1ccc(OC(=O)c2ccc([N+](=O)[O-])cc2)cc1. The molecular formula is C22H14FNO5. The van der Waals surface area contributed by atoms with Gasteiger partial charge in [-0.05, 0) is 60.2 Å². The van der Waals surface area contributed by atoms with Crippen LogP contribution in [-0.2, 0) is 0 Å². The van der Waals surface area contributed by atoms with Crippen LogP contribution in [-0.4, -0.2) is 16.7 Å². The van der Waals surface area contributed by atoms with Gasteiger partial charge in [-0.25, -0.2) is 9.18 Å². The second-order valence-corrected chi connectivity index (χ2v) is 5.97. The lowest BCUT2D eigenvalue weighted by Crippen LogP contribution is -2.08. The summed E-state index contributed by atoms with van der Waals surface area (Å²) >= 11 is 0. The van der Waals surface area contributed by atoms with E-state index in [1.54, 1.807) is 18.2 Å². The third kappa shape index (κ3) is 5.20. The number of nitro groups is 1. The molecule has 0 fully saturated rings. The van der Waals surface area contributed by atoms with Crippen molar-refractivity contribution in [1.82, 2.24) is 0 Å². The highest BCUT2D eigenvalue weighted by atomic mass is 19.1. The Hall–Kier alpha value is -4.13. The van der Waals surface area contributed by atoms with Gasteiger partial charge >= 0.3 is 5.97 Å². The smallest absolute Gasteiger partial charge is 0.343 e. The van der Waals surface area contributed by atoms with Crippen molar-refractivity contribution >= 4 is 23.5 Å². The van der Waals surface area contributed by atoms with Crippen LogP contribution < -0.4 is 4.74 Å². The Morgan fingerprint density at radius 2 is 1.45 bits per heavy atom. The molecule has 0 aliphatic rings. The maximum atomic E-state index is 12.9. The first-order valence-corrected chi connectivity index (χ1v) is 8.47. The summed E-state index contributed by atoms with van der Waals surface area (Å²) in [6.07, 6.45) is 2.94. The number of allylic oxidation sites excluding steroid dienone is 1. The molecule has 0 saturated carbocycles. The van der Waals surface area contributed by atoms with Crippen LogP contribution in [0.15, 0.2) is 78.9 Å². The number of halogens is 1. The molecule has 0 N–H and O–H groups in total. The first-order chi connectivity index (χ1) is 13.9. The van der Waals surface area contributed by atoms with Crippen LogP contribution in [0.5, 0.6) is 5.75 Å². The molecule has 0 bridgehead atoms. The number of ether oxygens (including phenoxy) is 1. The summed E-state index contributed by atoms with van der Waals surface area (Å²) in [7, 11) is 0. The highest BCUT2D eigenvalue weighted by Gasteiger charge is 2.12. The molecule has 0 unspecified atom stereocenters. The largest absolute Gasteiger partial charge is 0.423 e. The van der Waals surface area contributed by atoms with E-state index < -0.39 is 10.9 Å². The van der Waals surface area contributed by atoms with Gasteiger partial charge in [-0.3, -0.25) is 14.9 Å². The summed E-state index contributed by atoms with van der Waals surface area (Å²) in [6, 6.07) is 16.7. The molecule has 3 aromatic rings. The van der Waals surface area contributed by atoms with Crippen LogP contribution in [0.3, 0.4) is 0 Å². The van der Waals surface area contributed by atoms with E-state index >= 15 is 0 Å². The van der Waals surface area contributed by atoms with Gasteiger partial charge in [-0.2, -0.15) is 0 Å². The number of esters is 1. The first kappa shape index (κ1) is 19.6. The Morgan fingerprint density at radius 3 is 2.03 bits per heavy atom. The highest BCUT2D eigenvalue weighted by Crippen LogP contribution is 2.17. The van der Waals surface area contributed by atoms with Crippen molar-refractivity contribution in [1.29, 1.82) is 0 Å². The molecule has 29 heavy (non-hydrogen) atoms. The second kappa shape index (κ2) is 8.71. The number of hydrogen-bond donors (Lipinski definition) is 0. The van der Waals surface area contributed by atoms with Crippen molar-refractivity contribution in [3.05, 3.63) is 111 Å². The van der Waals surface area contributed by atoms with Crippen molar-refractivity contribution in [2.24, 2.45) is 0 Å². The van der Waals surface area contributed by atoms with Crippen molar-refractivity contribution in [2.75, 3.05) is 0 Å². The number of ketones is 1. The van der Waals surface area contributed by atoms with Gasteiger partial charge in [0.1, 0.15) is 11.6 Å². The maximum Gasteiger partial charge on any atom is 0.343 e. The summed E-state index contributed by atoms with van der Waals surface area (Å²) in [4.78, 5) is 34.4. The standard InChI is InChI=1S/C22H14FNO5/c23-18-8-1-15(2-9-18)3-14-21(25)16-6-12-20(13-7-16)29-22(26)17-4-10-19(11-5-17)24(27)28/h1-14H/b14-3+. The van der Waals surface area contributed by atoms with E-state index in [1.165, 1.54) is 66.7 Å². The fraction of sp³-hybridized carbons (Fsp3) is 0. The number of carbonyl (C=O) groups excluding carboxylic acids is 2. The molecule has 0 aliphatic carbocycles. The monoisotopic (exact) mass is 391 g/mol. The van der Waals surface area contributed by atoms with Crippen molar-refractivity contribution in [3.8, 4) is 5.75 Å². The first-order valence-electron chi connectivity index (χ1n) is 8.47. The number of non-ortho nitro benzene ring substituents is 1. The van der Waals surface area contributed by atoms with Gasteiger partial charge in [0.25, 0.3) is 5.69 Å². The Morgan fingerprint density at radius 1 is 0.862 bits per heavy atom. The molecule has 0 spiro atoms. The number of nitro benzene ring substituents is 1. The highest BCUT2D eigenvalue weighted by molar-refractivity contribution is 6.06. The molecule has 3 aromatic carbocycles. The van der Waals surface area contributed by atoms with Gasteiger partial charge in [0.2, 0.25) is 0 Å². The van der Waals surface area contributed by atoms with Gasteiger partial charge in [0, 0.05) is 17.7 Å².